The lowest BCUT2D eigenvalue weighted by atomic mass is 9.93. The molecule has 0 unspecified atom stereocenters. The molecule has 204 valence electrons. The average Bonchev–Trinajstić information content (AvgIpc) is 3.36. The average molecular weight is 545 g/mol. The molecule has 2 amide bonds. The number of nitrogens with two attached hydrogens (primary N) is 1. The number of ether oxygens (including phenoxy) is 1. The summed E-state index contributed by atoms with van der Waals surface area (Å²) in [5.74, 6) is -2.37. The van der Waals surface area contributed by atoms with Gasteiger partial charge >= 0.3 is 6.18 Å². The van der Waals surface area contributed by atoms with E-state index < -0.39 is 48.1 Å². The van der Waals surface area contributed by atoms with E-state index >= 15 is 0 Å². The van der Waals surface area contributed by atoms with E-state index in [4.69, 9.17) is 10.5 Å². The quantitative estimate of drug-likeness (QED) is 0.237. The van der Waals surface area contributed by atoms with Gasteiger partial charge in [0.25, 0.3) is 5.91 Å². The Morgan fingerprint density at radius 1 is 1.13 bits per heavy atom. The summed E-state index contributed by atoms with van der Waals surface area (Å²) in [6.07, 6.45) is -4.27. The molecule has 5 N–H and O–H groups in total. The molecule has 4 rings (SSSR count). The summed E-state index contributed by atoms with van der Waals surface area (Å²) >= 11 is 0. The normalized spacial score (nSPS) is 13.2. The second-order valence-electron chi connectivity index (χ2n) is 8.71. The Labute approximate surface area is 219 Å². The molecule has 0 saturated carbocycles. The number of nitrogens with zero attached hydrogens (tertiary/aromatic N) is 1. The number of carbonyl (C=O) groups excluding carboxylic acids is 2. The summed E-state index contributed by atoms with van der Waals surface area (Å²) < 4.78 is 62.5. The van der Waals surface area contributed by atoms with Gasteiger partial charge in [-0.25, -0.2) is 9.37 Å². The summed E-state index contributed by atoms with van der Waals surface area (Å²) in [5, 5.41) is 13.7. The minimum absolute atomic E-state index is 0.0423. The number of benzene rings is 2. The third-order valence-electron chi connectivity index (χ3n) is 6.06. The van der Waals surface area contributed by atoms with Crippen LogP contribution in [0.25, 0.3) is 22.2 Å². The number of carbonyl (C=O) groups is 2. The van der Waals surface area contributed by atoms with Crippen LogP contribution >= 0.6 is 0 Å². The zero-order valence-corrected chi connectivity index (χ0v) is 20.6. The number of pyridine rings is 1. The Morgan fingerprint density at radius 2 is 1.85 bits per heavy atom. The topological polar surface area (TPSA) is 130 Å². The Balaban J connectivity index is 1.82. The molecule has 0 radical (unpaired) electrons. The van der Waals surface area contributed by atoms with Gasteiger partial charge in [-0.2, -0.15) is 13.2 Å². The van der Waals surface area contributed by atoms with Crippen LogP contribution < -0.4 is 15.8 Å². The summed E-state index contributed by atoms with van der Waals surface area (Å²) in [6, 6.07) is 11.8. The molecule has 0 aliphatic carbocycles. The largest absolute Gasteiger partial charge is 0.491 e. The van der Waals surface area contributed by atoms with Gasteiger partial charge in [0.2, 0.25) is 11.5 Å². The number of aromatic amines is 1. The van der Waals surface area contributed by atoms with Gasteiger partial charge in [0.05, 0.1) is 25.3 Å². The third-order valence-corrected chi connectivity index (χ3v) is 6.06. The first-order valence-electron chi connectivity index (χ1n) is 11.8. The van der Waals surface area contributed by atoms with Gasteiger partial charge in [-0.05, 0) is 55.5 Å². The number of aliphatic hydroxyl groups is 1. The lowest BCUT2D eigenvalue weighted by molar-refractivity contribution is -0.265. The van der Waals surface area contributed by atoms with Crippen molar-refractivity contribution in [2.24, 2.45) is 5.73 Å². The Morgan fingerprint density at radius 3 is 2.49 bits per heavy atom. The van der Waals surface area contributed by atoms with Gasteiger partial charge in [0, 0.05) is 33.8 Å². The van der Waals surface area contributed by atoms with Crippen molar-refractivity contribution >= 4 is 22.7 Å². The number of alkyl halides is 3. The van der Waals surface area contributed by atoms with Crippen molar-refractivity contribution < 1.29 is 37.0 Å². The molecular formula is C27H24F4N4O4. The molecule has 0 fully saturated rings. The van der Waals surface area contributed by atoms with Gasteiger partial charge < -0.3 is 25.9 Å². The van der Waals surface area contributed by atoms with Gasteiger partial charge in [0.1, 0.15) is 17.3 Å². The van der Waals surface area contributed by atoms with E-state index in [1.165, 1.54) is 18.2 Å². The number of H-pyrrole nitrogens is 1. The van der Waals surface area contributed by atoms with Crippen LogP contribution in [0.4, 0.5) is 17.6 Å². The van der Waals surface area contributed by atoms with E-state index in [9.17, 15) is 32.3 Å². The summed E-state index contributed by atoms with van der Waals surface area (Å²) in [5.41, 5.74) is 1.37. The molecule has 0 spiro atoms. The fourth-order valence-electron chi connectivity index (χ4n) is 4.15. The molecule has 0 aliphatic rings. The van der Waals surface area contributed by atoms with Crippen LogP contribution in [-0.2, 0) is 16.8 Å². The number of hydrogen-bond donors (Lipinski definition) is 4. The van der Waals surface area contributed by atoms with Crippen molar-refractivity contribution in [3.05, 3.63) is 83.4 Å². The van der Waals surface area contributed by atoms with Crippen LogP contribution in [0.2, 0.25) is 0 Å². The van der Waals surface area contributed by atoms with E-state index in [0.29, 0.717) is 10.9 Å². The zero-order valence-electron chi connectivity index (χ0n) is 20.6. The van der Waals surface area contributed by atoms with Gasteiger partial charge in [0.15, 0.2) is 0 Å². The van der Waals surface area contributed by atoms with Crippen molar-refractivity contribution in [1.82, 2.24) is 15.3 Å². The number of aromatic nitrogens is 2. The summed E-state index contributed by atoms with van der Waals surface area (Å²) in [6.45, 7) is 0.379. The maximum absolute atomic E-state index is 14.5. The first-order chi connectivity index (χ1) is 18.4. The van der Waals surface area contributed by atoms with Crippen molar-refractivity contribution in [3.63, 3.8) is 0 Å². The molecule has 0 saturated heterocycles. The Bertz CT molecular complexity index is 1520. The molecule has 2 aromatic heterocycles. The second kappa shape index (κ2) is 10.7. The molecular weight excluding hydrogens is 520 g/mol. The number of hydrogen-bond acceptors (Lipinski definition) is 5. The highest BCUT2D eigenvalue weighted by atomic mass is 19.4. The minimum atomic E-state index is -5.31. The number of nitrogens with one attached hydrogen (secondary N) is 2. The molecule has 2 heterocycles. The van der Waals surface area contributed by atoms with Gasteiger partial charge in [-0.15, -0.1) is 0 Å². The van der Waals surface area contributed by atoms with Crippen molar-refractivity contribution in [1.29, 1.82) is 0 Å². The predicted octanol–water partition coefficient (Wildman–Crippen LogP) is 3.98. The molecule has 8 nitrogen and oxygen atoms in total. The van der Waals surface area contributed by atoms with Crippen LogP contribution in [0.3, 0.4) is 0 Å². The van der Waals surface area contributed by atoms with E-state index in [-0.39, 0.29) is 34.7 Å². The lowest BCUT2D eigenvalue weighted by Gasteiger charge is -2.31. The third kappa shape index (κ3) is 5.55. The highest BCUT2D eigenvalue weighted by molar-refractivity contribution is 6.06. The maximum atomic E-state index is 14.5. The molecule has 2 aromatic carbocycles. The molecule has 12 heteroatoms. The van der Waals surface area contributed by atoms with Crippen LogP contribution in [0.5, 0.6) is 5.75 Å². The smallest absolute Gasteiger partial charge is 0.424 e. The van der Waals surface area contributed by atoms with Crippen molar-refractivity contribution in [3.8, 4) is 17.0 Å². The zero-order chi connectivity index (χ0) is 28.4. The standard InChI is InChI=1S/C27H24F4N4O4/c1-2-39-24-16(13-22(32)36)12-21(35-23(24)15-6-8-17(28)9-7-15)26(38,27(29,30)31)14-34-25(37)19-4-3-5-20-18(19)10-11-33-20/h3-12,33,38H,2,13-14H2,1H3,(H2,32,36)(H,34,37)/t26-/m0/s1. The second-order valence-corrected chi connectivity index (χ2v) is 8.71. The molecule has 39 heavy (non-hydrogen) atoms. The highest BCUT2D eigenvalue weighted by Gasteiger charge is 2.56. The van der Waals surface area contributed by atoms with Crippen LogP contribution in [0.1, 0.15) is 28.5 Å². The highest BCUT2D eigenvalue weighted by Crippen LogP contribution is 2.42. The van der Waals surface area contributed by atoms with E-state index in [1.54, 1.807) is 31.3 Å². The molecule has 1 atom stereocenters. The van der Waals surface area contributed by atoms with E-state index in [0.717, 1.165) is 18.2 Å². The fraction of sp³-hybridized carbons (Fsp3) is 0.222. The molecule has 0 aliphatic heterocycles. The van der Waals surface area contributed by atoms with Crippen molar-refractivity contribution in [2.45, 2.75) is 25.1 Å². The van der Waals surface area contributed by atoms with E-state index in [2.05, 4.69) is 15.3 Å². The fourth-order valence-corrected chi connectivity index (χ4v) is 4.15. The summed E-state index contributed by atoms with van der Waals surface area (Å²) in [4.78, 5) is 31.6. The van der Waals surface area contributed by atoms with Crippen LogP contribution in [-0.4, -0.2) is 46.2 Å². The van der Waals surface area contributed by atoms with Crippen molar-refractivity contribution in [2.75, 3.05) is 13.2 Å². The van der Waals surface area contributed by atoms with Crippen LogP contribution in [0.15, 0.2) is 60.8 Å². The van der Waals surface area contributed by atoms with Gasteiger partial charge in [-0.1, -0.05) is 6.07 Å². The molecule has 4 aromatic rings. The Kier molecular flexibility index (Phi) is 7.59. The molecule has 0 bridgehead atoms. The number of halogens is 4. The Hall–Kier alpha value is -4.45. The first-order valence-corrected chi connectivity index (χ1v) is 11.8. The van der Waals surface area contributed by atoms with Crippen LogP contribution in [0, 0.1) is 5.82 Å². The minimum Gasteiger partial charge on any atom is -0.491 e. The van der Waals surface area contributed by atoms with E-state index in [1.807, 2.05) is 0 Å². The maximum Gasteiger partial charge on any atom is 0.424 e. The number of rotatable bonds is 9. The number of amides is 2. The monoisotopic (exact) mass is 544 g/mol. The number of fused-ring (bicyclic) bond motifs is 1. The first kappa shape index (κ1) is 27.6. The predicted molar refractivity (Wildman–Crippen MR) is 134 cm³/mol. The summed E-state index contributed by atoms with van der Waals surface area (Å²) in [7, 11) is 0. The van der Waals surface area contributed by atoms with Gasteiger partial charge in [-0.3, -0.25) is 9.59 Å². The SMILES string of the molecule is CCOc1c(CC(N)=O)cc([C@@](O)(CNC(=O)c2cccc3[nH]ccc23)C(F)(F)F)nc1-c1ccc(F)cc1. The number of primary amides is 1. The lowest BCUT2D eigenvalue weighted by Crippen LogP contribution is -2.51.